The van der Waals surface area contributed by atoms with E-state index in [-0.39, 0.29) is 0 Å². The van der Waals surface area contributed by atoms with Crippen molar-refractivity contribution in [2.75, 3.05) is 32.8 Å². The molecule has 0 unspecified atom stereocenters. The number of rotatable bonds is 4. The van der Waals surface area contributed by atoms with Crippen LogP contribution < -0.4 is 5.32 Å². The van der Waals surface area contributed by atoms with Gasteiger partial charge in [0.2, 0.25) is 0 Å². The average Bonchev–Trinajstić information content (AvgIpc) is 2.10. The fraction of sp³-hybridized carbons (Fsp3) is 1.00. The molecule has 1 aliphatic heterocycles. The highest BCUT2D eigenvalue weighted by Gasteiger charge is 2.23. The summed E-state index contributed by atoms with van der Waals surface area (Å²) < 4.78 is 5.37. The number of nitrogens with zero attached hydrogens (tertiary/aromatic N) is 1. The first-order valence-corrected chi connectivity index (χ1v) is 5.30. The lowest BCUT2D eigenvalue weighted by Gasteiger charge is -2.39. The predicted octanol–water partition coefficient (Wildman–Crippen LogP) is 0.705. The van der Waals surface area contributed by atoms with Crippen LogP contribution in [0.4, 0.5) is 0 Å². The number of ether oxygens (including phenoxy) is 1. The van der Waals surface area contributed by atoms with Crippen LogP contribution in [0, 0.1) is 0 Å². The van der Waals surface area contributed by atoms with Crippen molar-refractivity contribution in [3.05, 3.63) is 0 Å². The van der Waals surface area contributed by atoms with Gasteiger partial charge in [-0.2, -0.15) is 0 Å². The van der Waals surface area contributed by atoms with Crippen LogP contribution in [0.2, 0.25) is 0 Å². The molecule has 0 aromatic heterocycles. The van der Waals surface area contributed by atoms with Crippen LogP contribution in [-0.2, 0) is 4.74 Å². The molecule has 0 aromatic carbocycles. The van der Waals surface area contributed by atoms with E-state index in [2.05, 4.69) is 24.1 Å². The van der Waals surface area contributed by atoms with E-state index in [1.165, 1.54) is 0 Å². The fourth-order valence-electron chi connectivity index (χ4n) is 1.93. The molecule has 1 aliphatic rings. The van der Waals surface area contributed by atoms with Crippen LogP contribution >= 0.6 is 0 Å². The summed E-state index contributed by atoms with van der Waals surface area (Å²) in [6, 6.07) is 1.29. The highest BCUT2D eigenvalue weighted by Crippen LogP contribution is 2.08. The van der Waals surface area contributed by atoms with E-state index in [1.807, 2.05) is 6.92 Å². The van der Waals surface area contributed by atoms with Crippen molar-refractivity contribution in [1.82, 2.24) is 10.2 Å². The molecule has 3 heteroatoms. The molecule has 0 saturated carbocycles. The molecule has 0 aromatic rings. The van der Waals surface area contributed by atoms with Gasteiger partial charge in [0.25, 0.3) is 0 Å². The SMILES string of the molecule is CCOCCN1[C@H](C)CNC[C@@H]1C. The van der Waals surface area contributed by atoms with E-state index >= 15 is 0 Å². The van der Waals surface area contributed by atoms with Crippen molar-refractivity contribution in [3.63, 3.8) is 0 Å². The molecule has 78 valence electrons. The third-order valence-electron chi connectivity index (χ3n) is 2.71. The zero-order valence-electron chi connectivity index (χ0n) is 9.05. The first-order valence-electron chi connectivity index (χ1n) is 5.30. The van der Waals surface area contributed by atoms with E-state index < -0.39 is 0 Å². The Hall–Kier alpha value is -0.120. The van der Waals surface area contributed by atoms with Gasteiger partial charge in [0.1, 0.15) is 0 Å². The summed E-state index contributed by atoms with van der Waals surface area (Å²) in [6.45, 7) is 11.6. The van der Waals surface area contributed by atoms with Gasteiger partial charge in [-0.1, -0.05) is 0 Å². The largest absolute Gasteiger partial charge is 0.380 e. The van der Waals surface area contributed by atoms with Gasteiger partial charge in [-0.25, -0.2) is 0 Å². The van der Waals surface area contributed by atoms with Crippen molar-refractivity contribution in [2.45, 2.75) is 32.9 Å². The topological polar surface area (TPSA) is 24.5 Å². The summed E-state index contributed by atoms with van der Waals surface area (Å²) >= 11 is 0. The lowest BCUT2D eigenvalue weighted by atomic mass is 10.1. The Bertz CT molecular complexity index is 131. The third-order valence-corrected chi connectivity index (χ3v) is 2.71. The molecule has 3 nitrogen and oxygen atoms in total. The molecule has 1 fully saturated rings. The van der Waals surface area contributed by atoms with Gasteiger partial charge in [0.15, 0.2) is 0 Å². The molecule has 0 bridgehead atoms. The van der Waals surface area contributed by atoms with Gasteiger partial charge >= 0.3 is 0 Å². The van der Waals surface area contributed by atoms with Crippen molar-refractivity contribution in [1.29, 1.82) is 0 Å². The second-order valence-electron chi connectivity index (χ2n) is 3.79. The molecule has 0 radical (unpaired) electrons. The Morgan fingerprint density at radius 3 is 2.46 bits per heavy atom. The van der Waals surface area contributed by atoms with Crippen LogP contribution in [0.15, 0.2) is 0 Å². The quantitative estimate of drug-likeness (QED) is 0.654. The molecule has 1 heterocycles. The Labute approximate surface area is 81.4 Å². The van der Waals surface area contributed by atoms with E-state index in [0.717, 1.165) is 32.8 Å². The monoisotopic (exact) mass is 186 g/mol. The van der Waals surface area contributed by atoms with Gasteiger partial charge < -0.3 is 10.1 Å². The first-order chi connectivity index (χ1) is 6.25. The molecule has 1 rings (SSSR count). The van der Waals surface area contributed by atoms with Gasteiger partial charge in [-0.15, -0.1) is 0 Å². The molecule has 2 atom stereocenters. The first kappa shape index (κ1) is 11.0. The molecule has 0 amide bonds. The minimum Gasteiger partial charge on any atom is -0.380 e. The Morgan fingerprint density at radius 1 is 1.31 bits per heavy atom. The molecular weight excluding hydrogens is 164 g/mol. The molecule has 0 spiro atoms. The van der Waals surface area contributed by atoms with Crippen LogP contribution in [-0.4, -0.2) is 49.8 Å². The highest BCUT2D eigenvalue weighted by atomic mass is 16.5. The van der Waals surface area contributed by atoms with Crippen molar-refractivity contribution in [2.24, 2.45) is 0 Å². The Morgan fingerprint density at radius 2 is 1.92 bits per heavy atom. The second kappa shape index (κ2) is 5.58. The minimum absolute atomic E-state index is 0.643. The van der Waals surface area contributed by atoms with Gasteiger partial charge in [-0.05, 0) is 20.8 Å². The standard InChI is InChI=1S/C10H22N2O/c1-4-13-6-5-12-9(2)7-11-8-10(12)3/h9-11H,4-8H2,1-3H3/t9-,10+. The van der Waals surface area contributed by atoms with Crippen LogP contribution in [0.25, 0.3) is 0 Å². The Balaban J connectivity index is 2.26. The summed E-state index contributed by atoms with van der Waals surface area (Å²) in [5.74, 6) is 0. The molecular formula is C10H22N2O. The van der Waals surface area contributed by atoms with Crippen molar-refractivity contribution < 1.29 is 4.74 Å². The smallest absolute Gasteiger partial charge is 0.0593 e. The van der Waals surface area contributed by atoms with E-state index in [4.69, 9.17) is 4.74 Å². The second-order valence-corrected chi connectivity index (χ2v) is 3.79. The fourth-order valence-corrected chi connectivity index (χ4v) is 1.93. The summed E-state index contributed by atoms with van der Waals surface area (Å²) in [5, 5.41) is 3.42. The summed E-state index contributed by atoms with van der Waals surface area (Å²) in [6.07, 6.45) is 0. The van der Waals surface area contributed by atoms with E-state index in [9.17, 15) is 0 Å². The molecule has 13 heavy (non-hydrogen) atoms. The zero-order chi connectivity index (χ0) is 9.68. The van der Waals surface area contributed by atoms with Gasteiger partial charge in [-0.3, -0.25) is 4.90 Å². The number of nitrogens with one attached hydrogen (secondary N) is 1. The normalized spacial score (nSPS) is 30.7. The van der Waals surface area contributed by atoms with Gasteiger partial charge in [0.05, 0.1) is 6.61 Å². The highest BCUT2D eigenvalue weighted by molar-refractivity contribution is 4.81. The van der Waals surface area contributed by atoms with Crippen LogP contribution in [0.1, 0.15) is 20.8 Å². The third kappa shape index (κ3) is 3.25. The maximum Gasteiger partial charge on any atom is 0.0593 e. The van der Waals surface area contributed by atoms with Crippen molar-refractivity contribution >= 4 is 0 Å². The molecule has 0 aliphatic carbocycles. The van der Waals surface area contributed by atoms with Crippen LogP contribution in [0.5, 0.6) is 0 Å². The molecule has 1 saturated heterocycles. The summed E-state index contributed by atoms with van der Waals surface area (Å²) in [7, 11) is 0. The lowest BCUT2D eigenvalue weighted by molar-refractivity contribution is 0.0612. The van der Waals surface area contributed by atoms with Crippen LogP contribution in [0.3, 0.4) is 0 Å². The molecule has 1 N–H and O–H groups in total. The maximum absolute atomic E-state index is 5.37. The van der Waals surface area contributed by atoms with E-state index in [1.54, 1.807) is 0 Å². The van der Waals surface area contributed by atoms with Gasteiger partial charge in [0, 0.05) is 38.3 Å². The Kier molecular flexibility index (Phi) is 4.70. The number of hydrogen-bond acceptors (Lipinski definition) is 3. The summed E-state index contributed by atoms with van der Waals surface area (Å²) in [4.78, 5) is 2.52. The zero-order valence-corrected chi connectivity index (χ0v) is 9.05. The number of hydrogen-bond donors (Lipinski definition) is 1. The van der Waals surface area contributed by atoms with E-state index in [0.29, 0.717) is 12.1 Å². The van der Waals surface area contributed by atoms with Crippen molar-refractivity contribution in [3.8, 4) is 0 Å². The number of piperazine rings is 1. The summed E-state index contributed by atoms with van der Waals surface area (Å²) in [5.41, 5.74) is 0. The maximum atomic E-state index is 5.37. The average molecular weight is 186 g/mol. The minimum atomic E-state index is 0.643. The predicted molar refractivity (Wildman–Crippen MR) is 55.0 cm³/mol. The lowest BCUT2D eigenvalue weighted by Crippen LogP contribution is -2.55.